The minimum absolute atomic E-state index is 0.103. The van der Waals surface area contributed by atoms with E-state index in [0.717, 1.165) is 17.7 Å². The summed E-state index contributed by atoms with van der Waals surface area (Å²) in [4.78, 5) is 37.9. The lowest BCUT2D eigenvalue weighted by atomic mass is 10.1. The van der Waals surface area contributed by atoms with Crippen LogP contribution in [0.15, 0.2) is 24.3 Å². The van der Waals surface area contributed by atoms with Crippen LogP contribution in [-0.4, -0.2) is 47.8 Å². The zero-order valence-electron chi connectivity index (χ0n) is 13.0. The van der Waals surface area contributed by atoms with Crippen molar-refractivity contribution in [1.29, 1.82) is 0 Å². The lowest BCUT2D eigenvalue weighted by molar-refractivity contribution is -0.125. The van der Waals surface area contributed by atoms with Crippen LogP contribution in [-0.2, 0) is 16.0 Å². The molecule has 2 rings (SSSR count). The highest BCUT2D eigenvalue weighted by atomic mass is 16.2. The number of nitrogens with one attached hydrogen (secondary N) is 1. The molecule has 1 aliphatic heterocycles. The predicted octanol–water partition coefficient (Wildman–Crippen LogP) is 1.86. The van der Waals surface area contributed by atoms with Crippen molar-refractivity contribution < 1.29 is 14.4 Å². The molecule has 0 aliphatic carbocycles. The van der Waals surface area contributed by atoms with Gasteiger partial charge in [0.25, 0.3) is 0 Å². The number of para-hydroxylation sites is 1. The van der Waals surface area contributed by atoms with Crippen LogP contribution in [0.5, 0.6) is 0 Å². The Hall–Kier alpha value is -2.37. The minimum atomic E-state index is -0.290. The summed E-state index contributed by atoms with van der Waals surface area (Å²) in [6.07, 6.45) is 1.59. The average molecular weight is 303 g/mol. The Balaban J connectivity index is 1.81. The van der Waals surface area contributed by atoms with E-state index in [1.165, 1.54) is 9.80 Å². The minimum Gasteiger partial charge on any atom is -0.326 e. The third-order valence-corrected chi connectivity index (χ3v) is 3.69. The van der Waals surface area contributed by atoms with Gasteiger partial charge in [-0.05, 0) is 24.5 Å². The van der Waals surface area contributed by atoms with E-state index in [0.29, 0.717) is 6.42 Å². The van der Waals surface area contributed by atoms with Crippen molar-refractivity contribution in [3.63, 3.8) is 0 Å². The summed E-state index contributed by atoms with van der Waals surface area (Å²) in [5, 5.41) is 2.88. The number of hydrogen-bond donors (Lipinski definition) is 1. The molecule has 22 heavy (non-hydrogen) atoms. The van der Waals surface area contributed by atoms with Crippen molar-refractivity contribution in [1.82, 2.24) is 9.80 Å². The molecule has 0 radical (unpaired) electrons. The Morgan fingerprint density at radius 3 is 2.64 bits per heavy atom. The Morgan fingerprint density at radius 1 is 1.27 bits per heavy atom. The molecule has 0 unspecified atom stereocenters. The van der Waals surface area contributed by atoms with Crippen molar-refractivity contribution in [2.45, 2.75) is 26.2 Å². The summed E-state index contributed by atoms with van der Waals surface area (Å²) in [5.41, 5.74) is 1.91. The lowest BCUT2D eigenvalue weighted by Gasteiger charge is -2.14. The smallest absolute Gasteiger partial charge is 0.326 e. The molecule has 1 aliphatic rings. The number of nitrogens with zero attached hydrogens (tertiary/aromatic N) is 2. The standard InChI is InChI=1S/C16H21N3O3/c1-3-12-7-4-5-8-13(12)17-14(20)9-6-10-19-15(21)11-18(2)16(19)22/h4-5,7-8H,3,6,9-11H2,1-2H3,(H,17,20). The normalized spacial score (nSPS) is 14.6. The van der Waals surface area contributed by atoms with Crippen LogP contribution < -0.4 is 5.32 Å². The molecule has 0 saturated carbocycles. The number of likely N-dealkylation sites (N-methyl/N-ethyl adjacent to an activating group) is 1. The molecule has 4 amide bonds. The number of benzene rings is 1. The molecule has 0 aromatic heterocycles. The van der Waals surface area contributed by atoms with Crippen LogP contribution >= 0.6 is 0 Å². The van der Waals surface area contributed by atoms with E-state index in [1.54, 1.807) is 7.05 Å². The Morgan fingerprint density at radius 2 is 2.00 bits per heavy atom. The van der Waals surface area contributed by atoms with Gasteiger partial charge in [0.05, 0.1) is 0 Å². The molecule has 0 spiro atoms. The van der Waals surface area contributed by atoms with Crippen LogP contribution in [0.3, 0.4) is 0 Å². The highest BCUT2D eigenvalue weighted by Gasteiger charge is 2.32. The van der Waals surface area contributed by atoms with Gasteiger partial charge in [-0.1, -0.05) is 25.1 Å². The Bertz CT molecular complexity index is 586. The van der Waals surface area contributed by atoms with Crippen molar-refractivity contribution in [2.24, 2.45) is 0 Å². The molecule has 1 heterocycles. The van der Waals surface area contributed by atoms with Gasteiger partial charge in [-0.15, -0.1) is 0 Å². The largest absolute Gasteiger partial charge is 0.326 e. The number of carbonyl (C=O) groups is 3. The van der Waals surface area contributed by atoms with E-state index in [1.807, 2.05) is 31.2 Å². The first-order chi connectivity index (χ1) is 10.5. The van der Waals surface area contributed by atoms with Gasteiger partial charge >= 0.3 is 6.03 Å². The Kier molecular flexibility index (Phi) is 5.14. The number of anilines is 1. The molecular weight excluding hydrogens is 282 g/mol. The summed E-state index contributed by atoms with van der Waals surface area (Å²) in [6.45, 7) is 2.44. The van der Waals surface area contributed by atoms with E-state index in [9.17, 15) is 14.4 Å². The molecule has 1 saturated heterocycles. The van der Waals surface area contributed by atoms with Crippen LogP contribution in [0.2, 0.25) is 0 Å². The number of amides is 4. The molecule has 1 N–H and O–H groups in total. The molecule has 0 atom stereocenters. The summed E-state index contributed by atoms with van der Waals surface area (Å²) >= 11 is 0. The fourth-order valence-electron chi connectivity index (χ4n) is 2.45. The van der Waals surface area contributed by atoms with Crippen molar-refractivity contribution in [2.75, 3.05) is 25.5 Å². The van der Waals surface area contributed by atoms with Gasteiger partial charge in [-0.2, -0.15) is 0 Å². The number of urea groups is 1. The maximum atomic E-state index is 12.0. The highest BCUT2D eigenvalue weighted by molar-refractivity contribution is 6.01. The lowest BCUT2D eigenvalue weighted by Crippen LogP contribution is -2.32. The second kappa shape index (κ2) is 7.06. The van der Waals surface area contributed by atoms with E-state index in [-0.39, 0.29) is 37.4 Å². The van der Waals surface area contributed by atoms with Gasteiger partial charge in [-0.25, -0.2) is 4.79 Å². The van der Waals surface area contributed by atoms with Gasteiger partial charge in [0.15, 0.2) is 0 Å². The van der Waals surface area contributed by atoms with Crippen LogP contribution in [0.4, 0.5) is 10.5 Å². The first-order valence-electron chi connectivity index (χ1n) is 7.46. The monoisotopic (exact) mass is 303 g/mol. The van der Waals surface area contributed by atoms with E-state index >= 15 is 0 Å². The second-order valence-corrected chi connectivity index (χ2v) is 5.35. The van der Waals surface area contributed by atoms with Crippen molar-refractivity contribution in [3.05, 3.63) is 29.8 Å². The first-order valence-corrected chi connectivity index (χ1v) is 7.46. The summed E-state index contributed by atoms with van der Waals surface area (Å²) in [7, 11) is 1.59. The van der Waals surface area contributed by atoms with Gasteiger partial charge in [0.1, 0.15) is 6.54 Å². The second-order valence-electron chi connectivity index (χ2n) is 5.35. The van der Waals surface area contributed by atoms with Crippen LogP contribution in [0.25, 0.3) is 0 Å². The quantitative estimate of drug-likeness (QED) is 0.816. The number of aryl methyl sites for hydroxylation is 1. The maximum absolute atomic E-state index is 12.0. The molecule has 1 aromatic rings. The predicted molar refractivity (Wildman–Crippen MR) is 83.4 cm³/mol. The molecule has 6 nitrogen and oxygen atoms in total. The molecule has 6 heteroatoms. The fraction of sp³-hybridized carbons (Fsp3) is 0.438. The molecule has 0 bridgehead atoms. The number of carbonyl (C=O) groups excluding carboxylic acids is 3. The van der Waals surface area contributed by atoms with Gasteiger partial charge in [0.2, 0.25) is 11.8 Å². The molecule has 1 aromatic carbocycles. The third kappa shape index (κ3) is 3.63. The number of rotatable bonds is 6. The Labute approximate surface area is 130 Å². The van der Waals surface area contributed by atoms with E-state index in [2.05, 4.69) is 5.32 Å². The van der Waals surface area contributed by atoms with Gasteiger partial charge in [0, 0.05) is 25.7 Å². The van der Waals surface area contributed by atoms with E-state index in [4.69, 9.17) is 0 Å². The third-order valence-electron chi connectivity index (χ3n) is 3.69. The molecular formula is C16H21N3O3. The zero-order valence-corrected chi connectivity index (χ0v) is 13.0. The van der Waals surface area contributed by atoms with E-state index < -0.39 is 0 Å². The molecule has 1 fully saturated rings. The van der Waals surface area contributed by atoms with Crippen molar-refractivity contribution in [3.8, 4) is 0 Å². The topological polar surface area (TPSA) is 69.7 Å². The van der Waals surface area contributed by atoms with Crippen LogP contribution in [0.1, 0.15) is 25.3 Å². The highest BCUT2D eigenvalue weighted by Crippen LogP contribution is 2.16. The van der Waals surface area contributed by atoms with Crippen molar-refractivity contribution >= 4 is 23.5 Å². The maximum Gasteiger partial charge on any atom is 0.326 e. The van der Waals surface area contributed by atoms with Gasteiger partial charge in [-0.3, -0.25) is 14.5 Å². The number of imide groups is 1. The summed E-state index contributed by atoms with van der Waals surface area (Å²) in [6, 6.07) is 7.38. The zero-order chi connectivity index (χ0) is 16.1. The first kappa shape index (κ1) is 16.0. The molecule has 118 valence electrons. The fourth-order valence-corrected chi connectivity index (χ4v) is 2.45. The summed E-state index contributed by atoms with van der Waals surface area (Å²) < 4.78 is 0. The number of hydrogen-bond acceptors (Lipinski definition) is 3. The van der Waals surface area contributed by atoms with Crippen LogP contribution in [0, 0.1) is 0 Å². The summed E-state index contributed by atoms with van der Waals surface area (Å²) in [5.74, 6) is -0.308. The SMILES string of the molecule is CCc1ccccc1NC(=O)CCCN1C(=O)CN(C)C1=O. The average Bonchev–Trinajstić information content (AvgIpc) is 2.74. The van der Waals surface area contributed by atoms with Gasteiger partial charge < -0.3 is 10.2 Å².